The third kappa shape index (κ3) is 3.37. The molecular weight excluding hydrogens is 254 g/mol. The highest BCUT2D eigenvalue weighted by molar-refractivity contribution is 6.30. The molecule has 0 radical (unpaired) electrons. The third-order valence-electron chi connectivity index (χ3n) is 3.70. The van der Waals surface area contributed by atoms with Gasteiger partial charge < -0.3 is 5.73 Å². The molecule has 2 rings (SSSR count). The van der Waals surface area contributed by atoms with Gasteiger partial charge in [0.05, 0.1) is 0 Å². The van der Waals surface area contributed by atoms with Crippen LogP contribution in [0.4, 0.5) is 0 Å². The van der Waals surface area contributed by atoms with Gasteiger partial charge in [-0.3, -0.25) is 0 Å². The largest absolute Gasteiger partial charge is 0.330 e. The molecule has 2 aromatic rings. The third-order valence-corrected chi connectivity index (χ3v) is 3.93. The van der Waals surface area contributed by atoms with Crippen LogP contribution in [0.15, 0.2) is 42.5 Å². The fourth-order valence-electron chi connectivity index (χ4n) is 2.52. The van der Waals surface area contributed by atoms with E-state index in [1.54, 1.807) is 0 Å². The second-order valence-electron chi connectivity index (χ2n) is 5.06. The van der Waals surface area contributed by atoms with Gasteiger partial charge in [0.1, 0.15) is 0 Å². The molecule has 0 saturated heterocycles. The summed E-state index contributed by atoms with van der Waals surface area (Å²) in [4.78, 5) is 0. The predicted molar refractivity (Wildman–Crippen MR) is 82.9 cm³/mol. The van der Waals surface area contributed by atoms with Gasteiger partial charge in [-0.05, 0) is 61.2 Å². The van der Waals surface area contributed by atoms with Crippen molar-refractivity contribution in [2.45, 2.75) is 26.2 Å². The standard InChI is InChI=1S/C17H20ClN/c1-12-5-3-6-13(2)17(12)10-15(11-19)14-7-4-8-16(18)9-14/h3-9,15H,10-11,19H2,1-2H3. The summed E-state index contributed by atoms with van der Waals surface area (Å²) >= 11 is 6.07. The summed E-state index contributed by atoms with van der Waals surface area (Å²) < 4.78 is 0. The normalized spacial score (nSPS) is 12.4. The number of rotatable bonds is 4. The number of aryl methyl sites for hydroxylation is 2. The molecule has 1 atom stereocenters. The molecule has 1 nitrogen and oxygen atoms in total. The van der Waals surface area contributed by atoms with Gasteiger partial charge in [0.2, 0.25) is 0 Å². The van der Waals surface area contributed by atoms with Crippen LogP contribution in [0.3, 0.4) is 0 Å². The summed E-state index contributed by atoms with van der Waals surface area (Å²) in [5.74, 6) is 0.318. The van der Waals surface area contributed by atoms with Gasteiger partial charge in [0, 0.05) is 10.9 Å². The van der Waals surface area contributed by atoms with Crippen LogP contribution in [0.5, 0.6) is 0 Å². The van der Waals surface area contributed by atoms with Crippen LogP contribution in [0.1, 0.15) is 28.2 Å². The maximum absolute atomic E-state index is 6.07. The Bertz CT molecular complexity index is 543. The molecule has 0 bridgehead atoms. The van der Waals surface area contributed by atoms with Gasteiger partial charge in [0.15, 0.2) is 0 Å². The van der Waals surface area contributed by atoms with Crippen molar-refractivity contribution >= 4 is 11.6 Å². The predicted octanol–water partition coefficient (Wildman–Crippen LogP) is 4.24. The SMILES string of the molecule is Cc1cccc(C)c1CC(CN)c1cccc(Cl)c1. The van der Waals surface area contributed by atoms with Crippen LogP contribution in [-0.2, 0) is 6.42 Å². The lowest BCUT2D eigenvalue weighted by atomic mass is 9.88. The van der Waals surface area contributed by atoms with E-state index in [0.717, 1.165) is 11.4 Å². The molecule has 0 fully saturated rings. The number of hydrogen-bond donors (Lipinski definition) is 1. The maximum atomic E-state index is 6.07. The molecule has 0 aliphatic carbocycles. The van der Waals surface area contributed by atoms with E-state index in [0.29, 0.717) is 12.5 Å². The Labute approximate surface area is 120 Å². The van der Waals surface area contributed by atoms with Crippen LogP contribution >= 0.6 is 11.6 Å². The Morgan fingerprint density at radius 2 is 1.68 bits per heavy atom. The number of benzene rings is 2. The second-order valence-corrected chi connectivity index (χ2v) is 5.50. The van der Waals surface area contributed by atoms with Crippen molar-refractivity contribution in [3.63, 3.8) is 0 Å². The lowest BCUT2D eigenvalue weighted by Gasteiger charge is -2.18. The topological polar surface area (TPSA) is 26.0 Å². The minimum absolute atomic E-state index is 0.318. The first-order chi connectivity index (χ1) is 9.11. The van der Waals surface area contributed by atoms with Gasteiger partial charge in [-0.1, -0.05) is 41.9 Å². The van der Waals surface area contributed by atoms with E-state index in [1.165, 1.54) is 22.3 Å². The zero-order chi connectivity index (χ0) is 13.8. The molecule has 2 heteroatoms. The van der Waals surface area contributed by atoms with Gasteiger partial charge >= 0.3 is 0 Å². The minimum atomic E-state index is 0.318. The quantitative estimate of drug-likeness (QED) is 0.886. The van der Waals surface area contributed by atoms with E-state index in [-0.39, 0.29) is 0 Å². The van der Waals surface area contributed by atoms with E-state index < -0.39 is 0 Å². The zero-order valence-electron chi connectivity index (χ0n) is 11.5. The molecule has 2 N–H and O–H groups in total. The van der Waals surface area contributed by atoms with Crippen molar-refractivity contribution in [2.75, 3.05) is 6.54 Å². The fraction of sp³-hybridized carbons (Fsp3) is 0.294. The first-order valence-corrected chi connectivity index (χ1v) is 7.00. The first-order valence-electron chi connectivity index (χ1n) is 6.62. The Hall–Kier alpha value is -1.31. The molecule has 0 amide bonds. The van der Waals surface area contributed by atoms with E-state index in [1.807, 2.05) is 18.2 Å². The highest BCUT2D eigenvalue weighted by Crippen LogP contribution is 2.25. The highest BCUT2D eigenvalue weighted by Gasteiger charge is 2.13. The Kier molecular flexibility index (Phi) is 4.62. The number of hydrogen-bond acceptors (Lipinski definition) is 1. The van der Waals surface area contributed by atoms with Crippen LogP contribution < -0.4 is 5.73 Å². The molecule has 2 aromatic carbocycles. The van der Waals surface area contributed by atoms with E-state index in [4.69, 9.17) is 17.3 Å². The molecule has 0 spiro atoms. The van der Waals surface area contributed by atoms with Crippen LogP contribution in [0.2, 0.25) is 5.02 Å². The van der Waals surface area contributed by atoms with Crippen molar-refractivity contribution in [3.8, 4) is 0 Å². The molecule has 19 heavy (non-hydrogen) atoms. The van der Waals surface area contributed by atoms with Gasteiger partial charge in [0.25, 0.3) is 0 Å². The molecule has 0 heterocycles. The van der Waals surface area contributed by atoms with Gasteiger partial charge in [-0.15, -0.1) is 0 Å². The second kappa shape index (κ2) is 6.23. The lowest BCUT2D eigenvalue weighted by molar-refractivity contribution is 0.689. The summed E-state index contributed by atoms with van der Waals surface area (Å²) in [6.45, 7) is 4.95. The average molecular weight is 274 g/mol. The van der Waals surface area contributed by atoms with Crippen molar-refractivity contribution in [1.82, 2.24) is 0 Å². The summed E-state index contributed by atoms with van der Waals surface area (Å²) in [6.07, 6.45) is 0.968. The van der Waals surface area contributed by atoms with E-state index >= 15 is 0 Å². The molecule has 0 saturated carbocycles. The van der Waals surface area contributed by atoms with Crippen LogP contribution in [-0.4, -0.2) is 6.54 Å². The van der Waals surface area contributed by atoms with Gasteiger partial charge in [-0.2, -0.15) is 0 Å². The van der Waals surface area contributed by atoms with E-state index in [2.05, 4.69) is 38.1 Å². The number of halogens is 1. The fourth-order valence-corrected chi connectivity index (χ4v) is 2.71. The smallest absolute Gasteiger partial charge is 0.0408 e. The molecule has 100 valence electrons. The minimum Gasteiger partial charge on any atom is -0.330 e. The van der Waals surface area contributed by atoms with Crippen LogP contribution in [0, 0.1) is 13.8 Å². The van der Waals surface area contributed by atoms with Crippen molar-refractivity contribution in [1.29, 1.82) is 0 Å². The highest BCUT2D eigenvalue weighted by atomic mass is 35.5. The zero-order valence-corrected chi connectivity index (χ0v) is 12.2. The molecule has 0 aromatic heterocycles. The van der Waals surface area contributed by atoms with Crippen molar-refractivity contribution in [2.24, 2.45) is 5.73 Å². The summed E-state index contributed by atoms with van der Waals surface area (Å²) in [5, 5.41) is 0.775. The van der Waals surface area contributed by atoms with E-state index in [9.17, 15) is 0 Å². The molecule has 0 aliphatic heterocycles. The van der Waals surface area contributed by atoms with Crippen molar-refractivity contribution in [3.05, 3.63) is 69.7 Å². The van der Waals surface area contributed by atoms with Crippen LogP contribution in [0.25, 0.3) is 0 Å². The summed E-state index contributed by atoms with van der Waals surface area (Å²) in [5.41, 5.74) is 11.2. The molecule has 1 unspecified atom stereocenters. The monoisotopic (exact) mass is 273 g/mol. The lowest BCUT2D eigenvalue weighted by Crippen LogP contribution is -2.16. The van der Waals surface area contributed by atoms with Crippen molar-refractivity contribution < 1.29 is 0 Å². The number of nitrogens with two attached hydrogens (primary N) is 1. The summed E-state index contributed by atoms with van der Waals surface area (Å²) in [7, 11) is 0. The van der Waals surface area contributed by atoms with Gasteiger partial charge in [-0.25, -0.2) is 0 Å². The molecular formula is C17H20ClN. The summed E-state index contributed by atoms with van der Waals surface area (Å²) in [6, 6.07) is 14.4. The Balaban J connectivity index is 2.29. The Morgan fingerprint density at radius 1 is 1.05 bits per heavy atom. The molecule has 0 aliphatic rings. The average Bonchev–Trinajstić information content (AvgIpc) is 2.38. The first kappa shape index (κ1) is 14.1. The Morgan fingerprint density at radius 3 is 2.26 bits per heavy atom. The maximum Gasteiger partial charge on any atom is 0.0408 e.